The number of nitrogens with zero attached hydrogens (tertiary/aromatic N) is 1. The molecule has 0 aliphatic carbocycles. The van der Waals surface area contributed by atoms with Crippen molar-refractivity contribution in [1.29, 1.82) is 0 Å². The molecule has 0 saturated carbocycles. The van der Waals surface area contributed by atoms with Crippen molar-refractivity contribution in [1.82, 2.24) is 4.90 Å². The first-order chi connectivity index (χ1) is 8.59. The van der Waals surface area contributed by atoms with Gasteiger partial charge in [-0.05, 0) is 20.3 Å². The van der Waals surface area contributed by atoms with Crippen molar-refractivity contribution in [3.05, 3.63) is 0 Å². The normalized spacial score (nSPS) is 20.0. The second-order valence-corrected chi connectivity index (χ2v) is 5.97. The number of unbranched alkanes of at least 4 members (excludes halogenated alkanes) is 4. The van der Waals surface area contributed by atoms with Crippen LogP contribution >= 0.6 is 0 Å². The maximum atomic E-state index is 10.4. The van der Waals surface area contributed by atoms with Crippen LogP contribution in [0, 0.1) is 0 Å². The average Bonchev–Trinajstić information content (AvgIpc) is 2.39. The molecule has 0 radical (unpaired) electrons. The number of aliphatic hydroxyl groups is 1. The Hall–Kier alpha value is -0.120. The topological polar surface area (TPSA) is 32.7 Å². The molecule has 0 bridgehead atoms. The average molecular weight is 257 g/mol. The van der Waals surface area contributed by atoms with Crippen LogP contribution in [0.15, 0.2) is 0 Å². The van der Waals surface area contributed by atoms with Gasteiger partial charge in [0.05, 0.1) is 19.3 Å². The molecule has 1 aliphatic heterocycles. The van der Waals surface area contributed by atoms with Crippen LogP contribution in [0.4, 0.5) is 0 Å². The molecule has 0 aromatic carbocycles. The summed E-state index contributed by atoms with van der Waals surface area (Å²) in [4.78, 5) is 2.37. The highest BCUT2D eigenvalue weighted by atomic mass is 16.5. The Labute approximate surface area is 113 Å². The predicted molar refractivity (Wildman–Crippen MR) is 75.9 cm³/mol. The summed E-state index contributed by atoms with van der Waals surface area (Å²) in [7, 11) is 0. The van der Waals surface area contributed by atoms with Gasteiger partial charge in [-0.3, -0.25) is 4.90 Å². The van der Waals surface area contributed by atoms with E-state index in [2.05, 4.69) is 25.7 Å². The quantitative estimate of drug-likeness (QED) is 0.679. The number of morpholine rings is 1. The van der Waals surface area contributed by atoms with Crippen LogP contribution < -0.4 is 0 Å². The van der Waals surface area contributed by atoms with Crippen molar-refractivity contribution in [2.24, 2.45) is 0 Å². The van der Waals surface area contributed by atoms with Gasteiger partial charge in [-0.2, -0.15) is 0 Å². The maximum Gasteiger partial charge on any atom is 0.0718 e. The number of hydrogen-bond donors (Lipinski definition) is 1. The molecule has 1 heterocycles. The van der Waals surface area contributed by atoms with Gasteiger partial charge in [-0.25, -0.2) is 0 Å². The van der Waals surface area contributed by atoms with E-state index in [1.807, 2.05) is 0 Å². The SMILES string of the molecule is CCCCCCCC(O)C(C)(C)N1CCOCC1. The molecule has 18 heavy (non-hydrogen) atoms. The largest absolute Gasteiger partial charge is 0.391 e. The second kappa shape index (κ2) is 8.13. The van der Waals surface area contributed by atoms with Crippen LogP contribution in [-0.2, 0) is 4.74 Å². The Balaban J connectivity index is 2.26. The lowest BCUT2D eigenvalue weighted by molar-refractivity contribution is -0.0643. The lowest BCUT2D eigenvalue weighted by Crippen LogP contribution is -2.56. The zero-order chi connectivity index (χ0) is 13.4. The van der Waals surface area contributed by atoms with Gasteiger partial charge in [-0.1, -0.05) is 39.0 Å². The Morgan fingerprint density at radius 3 is 2.33 bits per heavy atom. The molecule has 0 spiro atoms. The summed E-state index contributed by atoms with van der Waals surface area (Å²) in [5, 5.41) is 10.4. The zero-order valence-corrected chi connectivity index (χ0v) is 12.5. The molecule has 108 valence electrons. The Morgan fingerprint density at radius 2 is 1.72 bits per heavy atom. The fourth-order valence-electron chi connectivity index (χ4n) is 2.64. The van der Waals surface area contributed by atoms with Gasteiger partial charge in [0.1, 0.15) is 0 Å². The monoisotopic (exact) mass is 257 g/mol. The van der Waals surface area contributed by atoms with Crippen molar-refractivity contribution in [3.8, 4) is 0 Å². The number of rotatable bonds is 8. The predicted octanol–water partition coefficient (Wildman–Crippen LogP) is 2.82. The van der Waals surface area contributed by atoms with Crippen LogP contribution in [0.5, 0.6) is 0 Å². The fourth-order valence-corrected chi connectivity index (χ4v) is 2.64. The van der Waals surface area contributed by atoms with Gasteiger partial charge in [0.2, 0.25) is 0 Å². The molecule has 1 saturated heterocycles. The second-order valence-electron chi connectivity index (χ2n) is 5.97. The van der Waals surface area contributed by atoms with E-state index in [0.717, 1.165) is 39.1 Å². The van der Waals surface area contributed by atoms with E-state index in [4.69, 9.17) is 4.74 Å². The highest BCUT2D eigenvalue weighted by Gasteiger charge is 2.34. The lowest BCUT2D eigenvalue weighted by atomic mass is 9.90. The molecule has 0 aromatic rings. The van der Waals surface area contributed by atoms with E-state index in [1.165, 1.54) is 25.7 Å². The summed E-state index contributed by atoms with van der Waals surface area (Å²) in [6.07, 6.45) is 7.01. The van der Waals surface area contributed by atoms with Crippen molar-refractivity contribution in [2.45, 2.75) is 70.9 Å². The molecular formula is C15H31NO2. The molecule has 3 heteroatoms. The number of hydrogen-bond acceptors (Lipinski definition) is 3. The molecule has 3 nitrogen and oxygen atoms in total. The smallest absolute Gasteiger partial charge is 0.0718 e. The molecule has 0 aromatic heterocycles. The fraction of sp³-hybridized carbons (Fsp3) is 1.00. The van der Waals surface area contributed by atoms with Crippen LogP contribution in [0.3, 0.4) is 0 Å². The Bertz CT molecular complexity index is 213. The van der Waals surface area contributed by atoms with Gasteiger partial charge >= 0.3 is 0 Å². The molecule has 1 N–H and O–H groups in total. The van der Waals surface area contributed by atoms with Crippen molar-refractivity contribution < 1.29 is 9.84 Å². The highest BCUT2D eigenvalue weighted by Crippen LogP contribution is 2.24. The minimum Gasteiger partial charge on any atom is -0.391 e. The van der Waals surface area contributed by atoms with Gasteiger partial charge in [-0.15, -0.1) is 0 Å². The third-order valence-corrected chi connectivity index (χ3v) is 4.22. The molecule has 1 rings (SSSR count). The van der Waals surface area contributed by atoms with Crippen LogP contribution in [-0.4, -0.2) is 48.0 Å². The molecule has 1 aliphatic rings. The summed E-state index contributed by atoms with van der Waals surface area (Å²) < 4.78 is 5.38. The summed E-state index contributed by atoms with van der Waals surface area (Å²) in [6, 6.07) is 0. The van der Waals surface area contributed by atoms with Gasteiger partial charge in [0.15, 0.2) is 0 Å². The van der Waals surface area contributed by atoms with Gasteiger partial charge in [0, 0.05) is 18.6 Å². The Morgan fingerprint density at radius 1 is 1.11 bits per heavy atom. The van der Waals surface area contributed by atoms with E-state index in [1.54, 1.807) is 0 Å². The summed E-state index contributed by atoms with van der Waals surface area (Å²) >= 11 is 0. The number of aliphatic hydroxyl groups excluding tert-OH is 1. The van der Waals surface area contributed by atoms with E-state index >= 15 is 0 Å². The lowest BCUT2D eigenvalue weighted by Gasteiger charge is -2.43. The first-order valence-electron chi connectivity index (χ1n) is 7.60. The summed E-state index contributed by atoms with van der Waals surface area (Å²) in [6.45, 7) is 10.0. The molecule has 1 atom stereocenters. The van der Waals surface area contributed by atoms with Crippen molar-refractivity contribution in [3.63, 3.8) is 0 Å². The molecule has 1 fully saturated rings. The van der Waals surface area contributed by atoms with Crippen LogP contribution in [0.2, 0.25) is 0 Å². The maximum absolute atomic E-state index is 10.4. The third-order valence-electron chi connectivity index (χ3n) is 4.22. The minimum atomic E-state index is -0.225. The Kier molecular flexibility index (Phi) is 7.20. The zero-order valence-electron chi connectivity index (χ0n) is 12.5. The first-order valence-corrected chi connectivity index (χ1v) is 7.60. The van der Waals surface area contributed by atoms with Crippen molar-refractivity contribution >= 4 is 0 Å². The molecule has 1 unspecified atom stereocenters. The molecular weight excluding hydrogens is 226 g/mol. The summed E-state index contributed by atoms with van der Waals surface area (Å²) in [5.74, 6) is 0. The summed E-state index contributed by atoms with van der Waals surface area (Å²) in [5.41, 5.74) is -0.117. The van der Waals surface area contributed by atoms with E-state index < -0.39 is 0 Å². The standard InChI is InChI=1S/C15H31NO2/c1-4-5-6-7-8-9-14(17)15(2,3)16-10-12-18-13-11-16/h14,17H,4-13H2,1-3H3. The van der Waals surface area contributed by atoms with Crippen molar-refractivity contribution in [2.75, 3.05) is 26.3 Å². The third kappa shape index (κ3) is 4.87. The van der Waals surface area contributed by atoms with Crippen LogP contribution in [0.1, 0.15) is 59.3 Å². The highest BCUT2D eigenvalue weighted by molar-refractivity contribution is 4.89. The first kappa shape index (κ1) is 15.9. The number of ether oxygens (including phenoxy) is 1. The van der Waals surface area contributed by atoms with E-state index in [9.17, 15) is 5.11 Å². The minimum absolute atomic E-state index is 0.117. The van der Waals surface area contributed by atoms with E-state index in [0.29, 0.717) is 0 Å². The van der Waals surface area contributed by atoms with E-state index in [-0.39, 0.29) is 11.6 Å². The van der Waals surface area contributed by atoms with Crippen LogP contribution in [0.25, 0.3) is 0 Å². The van der Waals surface area contributed by atoms with Gasteiger partial charge in [0.25, 0.3) is 0 Å². The molecule has 0 amide bonds. The van der Waals surface area contributed by atoms with Gasteiger partial charge < -0.3 is 9.84 Å².